The highest BCUT2D eigenvalue weighted by Crippen LogP contribution is 2.29. The minimum atomic E-state index is -3.55. The molecule has 3 rings (SSSR count). The first kappa shape index (κ1) is 20.1. The van der Waals surface area contributed by atoms with E-state index in [2.05, 4.69) is 32.1 Å². The summed E-state index contributed by atoms with van der Waals surface area (Å²) in [5.74, 6) is -4.32. The summed E-state index contributed by atoms with van der Waals surface area (Å²) in [5.41, 5.74) is 1.06. The van der Waals surface area contributed by atoms with E-state index in [0.29, 0.717) is 26.9 Å². The standard InChI is InChI=1S/C17H15Cl2F2N7/c1-10-6-7-15(17(20,21)16-23-26-27-24-16)22-9-28(25-11(10)2)8-12-13(18)4-3-5-14(12)19/h3-7H,1,8-9H2,2H3,(H,23,24,26,27)/b7-6-,22-15?,25-11?. The van der Waals surface area contributed by atoms with Crippen LogP contribution in [0.25, 0.3) is 0 Å². The summed E-state index contributed by atoms with van der Waals surface area (Å²) in [6.45, 7) is 5.57. The fourth-order valence-electron chi connectivity index (χ4n) is 2.38. The summed E-state index contributed by atoms with van der Waals surface area (Å²) in [4.78, 5) is 4.03. The molecule has 28 heavy (non-hydrogen) atoms. The molecule has 2 heterocycles. The monoisotopic (exact) mass is 425 g/mol. The van der Waals surface area contributed by atoms with Crippen molar-refractivity contribution in [2.45, 2.75) is 19.4 Å². The third-order valence-electron chi connectivity index (χ3n) is 3.95. The first-order valence-corrected chi connectivity index (χ1v) is 8.81. The summed E-state index contributed by atoms with van der Waals surface area (Å²) in [6, 6.07) is 5.10. The van der Waals surface area contributed by atoms with Gasteiger partial charge >= 0.3 is 5.92 Å². The summed E-state index contributed by atoms with van der Waals surface area (Å²) in [5, 5.41) is 18.7. The van der Waals surface area contributed by atoms with Crippen molar-refractivity contribution in [2.24, 2.45) is 10.1 Å². The van der Waals surface area contributed by atoms with Gasteiger partial charge in [-0.25, -0.2) is 0 Å². The molecule has 1 aliphatic heterocycles. The summed E-state index contributed by atoms with van der Waals surface area (Å²) < 4.78 is 29.5. The molecular weight excluding hydrogens is 411 g/mol. The van der Waals surface area contributed by atoms with Crippen molar-refractivity contribution in [1.82, 2.24) is 25.6 Å². The number of halogens is 4. The number of hydrogen-bond acceptors (Lipinski definition) is 6. The van der Waals surface area contributed by atoms with Gasteiger partial charge in [0.15, 0.2) is 0 Å². The molecule has 2 aromatic rings. The second kappa shape index (κ2) is 8.15. The number of alkyl halides is 2. The molecule has 0 radical (unpaired) electrons. The number of aromatic nitrogens is 4. The fraction of sp³-hybridized carbons (Fsp3) is 0.235. The van der Waals surface area contributed by atoms with Crippen molar-refractivity contribution < 1.29 is 8.78 Å². The van der Waals surface area contributed by atoms with Gasteiger partial charge in [-0.15, -0.1) is 10.2 Å². The average Bonchev–Trinajstić information content (AvgIpc) is 3.20. The number of tetrazole rings is 1. The van der Waals surface area contributed by atoms with Crippen LogP contribution in [0.4, 0.5) is 8.78 Å². The second-order valence-corrected chi connectivity index (χ2v) is 6.72. The minimum Gasteiger partial charge on any atom is -0.271 e. The SMILES string of the molecule is C=C1/C=C\C(C(F)(F)c2nn[nH]n2)=NCN(Cc2c(Cl)cccc2Cl)N=C1C. The molecule has 0 amide bonds. The Balaban J connectivity index is 1.96. The van der Waals surface area contributed by atoms with Gasteiger partial charge in [0.1, 0.15) is 12.4 Å². The number of aromatic amines is 1. The molecule has 0 fully saturated rings. The van der Waals surface area contributed by atoms with Gasteiger partial charge in [0.25, 0.3) is 0 Å². The van der Waals surface area contributed by atoms with Crippen molar-refractivity contribution in [2.75, 3.05) is 6.67 Å². The Morgan fingerprint density at radius 2 is 1.96 bits per heavy atom. The lowest BCUT2D eigenvalue weighted by Gasteiger charge is -2.20. The zero-order valence-electron chi connectivity index (χ0n) is 14.7. The Labute approximate surface area is 169 Å². The molecule has 0 saturated carbocycles. The molecular formula is C17H15Cl2F2N7. The van der Waals surface area contributed by atoms with Gasteiger partial charge in [-0.2, -0.15) is 19.1 Å². The lowest BCUT2D eigenvalue weighted by Crippen LogP contribution is -2.28. The lowest BCUT2D eigenvalue weighted by atomic mass is 10.1. The summed E-state index contributed by atoms with van der Waals surface area (Å²) in [6.07, 6.45) is 2.58. The zero-order valence-corrected chi connectivity index (χ0v) is 16.2. The first-order valence-electron chi connectivity index (χ1n) is 8.06. The molecule has 0 saturated heterocycles. The van der Waals surface area contributed by atoms with Crippen molar-refractivity contribution in [1.29, 1.82) is 0 Å². The largest absolute Gasteiger partial charge is 0.351 e. The van der Waals surface area contributed by atoms with E-state index in [0.717, 1.165) is 0 Å². The number of hydrogen-bond donors (Lipinski definition) is 1. The number of hydrazone groups is 1. The van der Waals surface area contributed by atoms with Gasteiger partial charge in [-0.3, -0.25) is 10.0 Å². The summed E-state index contributed by atoms with van der Waals surface area (Å²) in [7, 11) is 0. The van der Waals surface area contributed by atoms with Crippen LogP contribution in [-0.4, -0.2) is 43.7 Å². The molecule has 1 N–H and O–H groups in total. The maximum atomic E-state index is 14.7. The number of benzene rings is 1. The molecule has 1 aliphatic rings. The highest BCUT2D eigenvalue weighted by Gasteiger charge is 2.41. The van der Waals surface area contributed by atoms with Crippen molar-refractivity contribution >= 4 is 34.6 Å². The highest BCUT2D eigenvalue weighted by molar-refractivity contribution is 6.35. The van der Waals surface area contributed by atoms with Gasteiger partial charge in [0.2, 0.25) is 5.82 Å². The molecule has 0 atom stereocenters. The predicted molar refractivity (Wildman–Crippen MR) is 104 cm³/mol. The van der Waals surface area contributed by atoms with Crippen LogP contribution in [0.15, 0.2) is 52.6 Å². The van der Waals surface area contributed by atoms with Crippen LogP contribution >= 0.6 is 23.2 Å². The predicted octanol–water partition coefficient (Wildman–Crippen LogP) is 4.00. The van der Waals surface area contributed by atoms with E-state index in [9.17, 15) is 8.78 Å². The van der Waals surface area contributed by atoms with Gasteiger partial charge in [-0.1, -0.05) is 41.9 Å². The van der Waals surface area contributed by atoms with Crippen LogP contribution in [0.1, 0.15) is 18.3 Å². The molecule has 1 aromatic heterocycles. The first-order chi connectivity index (χ1) is 13.3. The van der Waals surface area contributed by atoms with E-state index in [1.54, 1.807) is 25.1 Å². The molecule has 0 bridgehead atoms. The number of nitrogens with one attached hydrogen (secondary N) is 1. The van der Waals surface area contributed by atoms with E-state index in [1.807, 2.05) is 5.21 Å². The summed E-state index contributed by atoms with van der Waals surface area (Å²) >= 11 is 12.4. The van der Waals surface area contributed by atoms with E-state index < -0.39 is 17.5 Å². The van der Waals surface area contributed by atoms with Crippen LogP contribution in [0.3, 0.4) is 0 Å². The molecule has 0 aliphatic carbocycles. The molecule has 11 heteroatoms. The Morgan fingerprint density at radius 1 is 1.25 bits per heavy atom. The van der Waals surface area contributed by atoms with Crippen LogP contribution in [0.2, 0.25) is 10.0 Å². The van der Waals surface area contributed by atoms with Crippen LogP contribution in [0, 0.1) is 0 Å². The molecule has 146 valence electrons. The quantitative estimate of drug-likeness (QED) is 0.802. The van der Waals surface area contributed by atoms with E-state index in [1.165, 1.54) is 17.2 Å². The van der Waals surface area contributed by atoms with E-state index in [-0.39, 0.29) is 13.2 Å². The van der Waals surface area contributed by atoms with E-state index >= 15 is 0 Å². The van der Waals surface area contributed by atoms with Crippen molar-refractivity contribution in [3.05, 3.63) is 63.9 Å². The van der Waals surface area contributed by atoms with Gasteiger partial charge in [0, 0.05) is 15.6 Å². The highest BCUT2D eigenvalue weighted by atomic mass is 35.5. The maximum Gasteiger partial charge on any atom is 0.351 e. The van der Waals surface area contributed by atoms with Gasteiger partial charge < -0.3 is 0 Å². The molecule has 0 spiro atoms. The maximum absolute atomic E-state index is 14.7. The van der Waals surface area contributed by atoms with Gasteiger partial charge in [-0.05, 0) is 35.9 Å². The Bertz CT molecular complexity index is 948. The number of nitrogens with zero attached hydrogens (tertiary/aromatic N) is 6. The third-order valence-corrected chi connectivity index (χ3v) is 4.66. The number of rotatable bonds is 4. The third kappa shape index (κ3) is 4.26. The van der Waals surface area contributed by atoms with Gasteiger partial charge in [0.05, 0.1) is 12.3 Å². The number of aliphatic imine (C=N–C) groups is 1. The Kier molecular flexibility index (Phi) is 5.85. The number of allylic oxidation sites excluding steroid dienone is 3. The van der Waals surface area contributed by atoms with Crippen LogP contribution in [-0.2, 0) is 12.5 Å². The fourth-order valence-corrected chi connectivity index (χ4v) is 2.90. The Hall–Kier alpha value is -2.65. The lowest BCUT2D eigenvalue weighted by molar-refractivity contribution is 0.0659. The normalized spacial score (nSPS) is 16.8. The second-order valence-electron chi connectivity index (χ2n) is 5.90. The van der Waals surface area contributed by atoms with Crippen LogP contribution < -0.4 is 0 Å². The van der Waals surface area contributed by atoms with Crippen LogP contribution in [0.5, 0.6) is 0 Å². The van der Waals surface area contributed by atoms with E-state index in [4.69, 9.17) is 23.2 Å². The van der Waals surface area contributed by atoms with Crippen molar-refractivity contribution in [3.8, 4) is 0 Å². The van der Waals surface area contributed by atoms with Crippen molar-refractivity contribution in [3.63, 3.8) is 0 Å². The Morgan fingerprint density at radius 3 is 2.61 bits per heavy atom. The average molecular weight is 426 g/mol. The smallest absolute Gasteiger partial charge is 0.271 e. The number of H-pyrrole nitrogens is 1. The molecule has 0 unspecified atom stereocenters. The molecule has 7 nitrogen and oxygen atoms in total. The molecule has 1 aromatic carbocycles. The zero-order chi connectivity index (χ0) is 20.3. The minimum absolute atomic E-state index is 0.167. The topological polar surface area (TPSA) is 82.4 Å².